The van der Waals surface area contributed by atoms with Crippen molar-refractivity contribution < 1.29 is 9.53 Å². The minimum Gasteiger partial charge on any atom is -0.489 e. The van der Waals surface area contributed by atoms with Crippen LogP contribution in [0.4, 0.5) is 0 Å². The van der Waals surface area contributed by atoms with Crippen LogP contribution in [-0.4, -0.2) is 17.9 Å². The molecule has 2 aromatic carbocycles. The number of hydrogen-bond donors (Lipinski definition) is 1. The third-order valence-electron chi connectivity index (χ3n) is 5.45. The first-order chi connectivity index (χ1) is 12.3. The molecule has 2 saturated heterocycles. The van der Waals surface area contributed by atoms with Gasteiger partial charge in [0.15, 0.2) is 0 Å². The van der Waals surface area contributed by atoms with Gasteiger partial charge in [-0.05, 0) is 48.9 Å². The number of ether oxygens (including phenoxy) is 1. The summed E-state index contributed by atoms with van der Waals surface area (Å²) >= 11 is 0. The van der Waals surface area contributed by atoms with Crippen molar-refractivity contribution in [2.45, 2.75) is 50.8 Å². The standard InChI is InChI=1S/C22H25NO2/c24-22(18-13-19-9-10-20(14-18)23-19)12-17-7-4-8-21(11-17)25-15-16-5-2-1-3-6-16/h1-8,11,18-20,23H,9-10,12-15H2. The summed E-state index contributed by atoms with van der Waals surface area (Å²) in [6.45, 7) is 0.551. The second-order valence-corrected chi connectivity index (χ2v) is 7.37. The van der Waals surface area contributed by atoms with E-state index in [9.17, 15) is 4.79 Å². The lowest BCUT2D eigenvalue weighted by atomic mass is 9.86. The molecule has 2 aliphatic rings. The topological polar surface area (TPSA) is 38.3 Å². The van der Waals surface area contributed by atoms with Gasteiger partial charge in [-0.25, -0.2) is 0 Å². The average molecular weight is 335 g/mol. The summed E-state index contributed by atoms with van der Waals surface area (Å²) < 4.78 is 5.88. The van der Waals surface area contributed by atoms with Gasteiger partial charge >= 0.3 is 0 Å². The molecule has 2 unspecified atom stereocenters. The van der Waals surface area contributed by atoms with Gasteiger partial charge in [-0.15, -0.1) is 0 Å². The Morgan fingerprint density at radius 2 is 1.68 bits per heavy atom. The molecule has 2 aromatic rings. The van der Waals surface area contributed by atoms with Crippen LogP contribution in [0.25, 0.3) is 0 Å². The number of ketones is 1. The molecule has 4 rings (SSSR count). The van der Waals surface area contributed by atoms with Crippen molar-refractivity contribution in [2.24, 2.45) is 5.92 Å². The van der Waals surface area contributed by atoms with Gasteiger partial charge in [0.2, 0.25) is 0 Å². The van der Waals surface area contributed by atoms with Gasteiger partial charge in [-0.3, -0.25) is 4.79 Å². The van der Waals surface area contributed by atoms with Crippen molar-refractivity contribution >= 4 is 5.78 Å². The van der Waals surface area contributed by atoms with Crippen molar-refractivity contribution in [3.05, 3.63) is 65.7 Å². The van der Waals surface area contributed by atoms with Crippen LogP contribution in [0.1, 0.15) is 36.8 Å². The molecule has 0 aliphatic carbocycles. The number of carbonyl (C=O) groups is 1. The van der Waals surface area contributed by atoms with Crippen LogP contribution < -0.4 is 10.1 Å². The van der Waals surface area contributed by atoms with E-state index < -0.39 is 0 Å². The summed E-state index contributed by atoms with van der Waals surface area (Å²) in [5, 5.41) is 3.61. The van der Waals surface area contributed by atoms with Crippen molar-refractivity contribution in [2.75, 3.05) is 0 Å². The molecule has 3 heteroatoms. The fourth-order valence-electron chi connectivity index (χ4n) is 4.15. The molecule has 0 spiro atoms. The third kappa shape index (κ3) is 4.10. The lowest BCUT2D eigenvalue weighted by molar-refractivity contribution is -0.123. The number of fused-ring (bicyclic) bond motifs is 2. The van der Waals surface area contributed by atoms with Crippen molar-refractivity contribution in [1.82, 2.24) is 5.32 Å². The molecule has 2 bridgehead atoms. The highest BCUT2D eigenvalue weighted by Crippen LogP contribution is 2.32. The normalized spacial score (nSPS) is 24.9. The van der Waals surface area contributed by atoms with Gasteiger partial charge < -0.3 is 10.1 Å². The van der Waals surface area contributed by atoms with Gasteiger partial charge in [-0.1, -0.05) is 42.5 Å². The lowest BCUT2D eigenvalue weighted by Crippen LogP contribution is -2.40. The van der Waals surface area contributed by atoms with Crippen LogP contribution in [0.15, 0.2) is 54.6 Å². The molecule has 0 aromatic heterocycles. The molecule has 3 nitrogen and oxygen atoms in total. The molecule has 2 heterocycles. The number of rotatable bonds is 6. The molecule has 2 fully saturated rings. The van der Waals surface area contributed by atoms with Crippen molar-refractivity contribution in [3.8, 4) is 5.75 Å². The molecule has 2 aliphatic heterocycles. The smallest absolute Gasteiger partial charge is 0.140 e. The number of piperidine rings is 1. The Bertz CT molecular complexity index is 716. The van der Waals surface area contributed by atoms with Crippen LogP contribution in [0.2, 0.25) is 0 Å². The highest BCUT2D eigenvalue weighted by atomic mass is 16.5. The molecule has 130 valence electrons. The Morgan fingerprint density at radius 3 is 2.44 bits per heavy atom. The maximum atomic E-state index is 12.7. The second kappa shape index (κ2) is 7.40. The number of hydrogen-bond acceptors (Lipinski definition) is 3. The Morgan fingerprint density at radius 1 is 0.960 bits per heavy atom. The van der Waals surface area contributed by atoms with Crippen molar-refractivity contribution in [3.63, 3.8) is 0 Å². The second-order valence-electron chi connectivity index (χ2n) is 7.37. The summed E-state index contributed by atoms with van der Waals surface area (Å²) in [4.78, 5) is 12.7. The van der Waals surface area contributed by atoms with Crippen LogP contribution >= 0.6 is 0 Å². The predicted octanol–water partition coefficient (Wildman–Crippen LogP) is 3.91. The van der Waals surface area contributed by atoms with Gasteiger partial charge in [0.05, 0.1) is 0 Å². The SMILES string of the molecule is O=C(Cc1cccc(OCc2ccccc2)c1)C1CC2CCC(C1)N2. The van der Waals surface area contributed by atoms with E-state index in [-0.39, 0.29) is 5.92 Å². The van der Waals surface area contributed by atoms with E-state index >= 15 is 0 Å². The fourth-order valence-corrected chi connectivity index (χ4v) is 4.15. The highest BCUT2D eigenvalue weighted by molar-refractivity contribution is 5.83. The van der Waals surface area contributed by atoms with Gasteiger partial charge in [0.25, 0.3) is 0 Å². The van der Waals surface area contributed by atoms with Gasteiger partial charge in [-0.2, -0.15) is 0 Å². The Hall–Kier alpha value is -2.13. The maximum Gasteiger partial charge on any atom is 0.140 e. The predicted molar refractivity (Wildman–Crippen MR) is 98.6 cm³/mol. The van der Waals surface area contributed by atoms with Crippen LogP contribution in [0.3, 0.4) is 0 Å². The van der Waals surface area contributed by atoms with E-state index in [2.05, 4.69) is 17.4 Å². The number of nitrogens with one attached hydrogen (secondary N) is 1. The number of carbonyl (C=O) groups excluding carboxylic acids is 1. The zero-order valence-electron chi connectivity index (χ0n) is 14.5. The van der Waals surface area contributed by atoms with Crippen molar-refractivity contribution in [1.29, 1.82) is 0 Å². The van der Waals surface area contributed by atoms with Crippen LogP contribution in [-0.2, 0) is 17.8 Å². The first-order valence-corrected chi connectivity index (χ1v) is 9.31. The van der Waals surface area contributed by atoms with Crippen LogP contribution in [0.5, 0.6) is 5.75 Å². The van der Waals surface area contributed by atoms with Gasteiger partial charge in [0, 0.05) is 24.4 Å². The quantitative estimate of drug-likeness (QED) is 0.870. The molecule has 2 atom stereocenters. The largest absolute Gasteiger partial charge is 0.489 e. The number of Topliss-reactive ketones (excluding diaryl/α,β-unsaturated/α-hetero) is 1. The molecule has 25 heavy (non-hydrogen) atoms. The van der Waals surface area contributed by atoms with Crippen LogP contribution in [0, 0.1) is 5.92 Å². The molecular weight excluding hydrogens is 310 g/mol. The maximum absolute atomic E-state index is 12.7. The van der Waals surface area contributed by atoms with E-state index in [1.807, 2.05) is 42.5 Å². The summed E-state index contributed by atoms with van der Waals surface area (Å²) in [7, 11) is 0. The Labute approximate surface area is 149 Å². The minimum atomic E-state index is 0.229. The molecule has 0 radical (unpaired) electrons. The van der Waals surface area contributed by atoms with E-state index in [4.69, 9.17) is 4.74 Å². The van der Waals surface area contributed by atoms with E-state index in [0.717, 1.165) is 29.7 Å². The Kier molecular flexibility index (Phi) is 4.84. The van der Waals surface area contributed by atoms with E-state index in [0.29, 0.717) is 30.9 Å². The first-order valence-electron chi connectivity index (χ1n) is 9.31. The lowest BCUT2D eigenvalue weighted by Gasteiger charge is -2.28. The summed E-state index contributed by atoms with van der Waals surface area (Å²) in [6.07, 6.45) is 5.01. The third-order valence-corrected chi connectivity index (χ3v) is 5.45. The highest BCUT2D eigenvalue weighted by Gasteiger charge is 2.36. The zero-order valence-corrected chi connectivity index (χ0v) is 14.5. The first kappa shape index (κ1) is 16.3. The molecular formula is C22H25NO2. The summed E-state index contributed by atoms with van der Waals surface area (Å²) in [5.41, 5.74) is 2.20. The molecule has 0 saturated carbocycles. The average Bonchev–Trinajstić information content (AvgIpc) is 2.99. The summed E-state index contributed by atoms with van der Waals surface area (Å²) in [5.74, 6) is 1.45. The van der Waals surface area contributed by atoms with E-state index in [1.54, 1.807) is 0 Å². The van der Waals surface area contributed by atoms with E-state index in [1.165, 1.54) is 12.8 Å². The Balaban J connectivity index is 1.35. The fraction of sp³-hybridized carbons (Fsp3) is 0.409. The number of benzene rings is 2. The molecule has 0 amide bonds. The monoisotopic (exact) mass is 335 g/mol. The minimum absolute atomic E-state index is 0.229. The zero-order chi connectivity index (χ0) is 17.1. The van der Waals surface area contributed by atoms with Gasteiger partial charge in [0.1, 0.15) is 18.1 Å². The summed E-state index contributed by atoms with van der Waals surface area (Å²) in [6, 6.07) is 19.2. The molecule has 1 N–H and O–H groups in total.